The zero-order chi connectivity index (χ0) is 20.1. The third-order valence-electron chi connectivity index (χ3n) is 4.34. The first-order chi connectivity index (χ1) is 13.4. The molecule has 1 saturated heterocycles. The van der Waals surface area contributed by atoms with E-state index in [1.807, 2.05) is 0 Å². The highest BCUT2D eigenvalue weighted by molar-refractivity contribution is 6.00. The lowest BCUT2D eigenvalue weighted by atomic mass is 10.2. The largest absolute Gasteiger partial charge is 0.326 e. The number of nitrogens with one attached hydrogen (secondary N) is 3. The molecule has 146 valence electrons. The molecule has 3 rings (SSSR count). The molecule has 1 unspecified atom stereocenters. The maximum atomic E-state index is 13.3. The Morgan fingerprint density at radius 2 is 1.61 bits per heavy atom. The van der Waals surface area contributed by atoms with Crippen molar-refractivity contribution in [2.45, 2.75) is 25.8 Å². The van der Waals surface area contributed by atoms with Gasteiger partial charge in [0.1, 0.15) is 11.9 Å². The Hall–Kier alpha value is -3.42. The van der Waals surface area contributed by atoms with Crippen molar-refractivity contribution in [3.05, 3.63) is 54.3 Å². The third-order valence-corrected chi connectivity index (χ3v) is 4.34. The van der Waals surface area contributed by atoms with Crippen molar-refractivity contribution in [1.29, 1.82) is 0 Å². The summed E-state index contributed by atoms with van der Waals surface area (Å²) in [6, 6.07) is 11.3. The van der Waals surface area contributed by atoms with Crippen LogP contribution in [-0.2, 0) is 9.59 Å². The molecule has 2 aromatic rings. The highest BCUT2D eigenvalue weighted by Gasteiger charge is 2.34. The molecule has 7 nitrogen and oxygen atoms in total. The summed E-state index contributed by atoms with van der Waals surface area (Å²) in [5.41, 5.74) is 1.42. The van der Waals surface area contributed by atoms with E-state index >= 15 is 0 Å². The van der Waals surface area contributed by atoms with Crippen LogP contribution < -0.4 is 16.0 Å². The Morgan fingerprint density at radius 1 is 0.964 bits per heavy atom. The fraction of sp³-hybridized carbons (Fsp3) is 0.250. The molecule has 0 aliphatic carbocycles. The summed E-state index contributed by atoms with van der Waals surface area (Å²) in [7, 11) is 0. The molecular weight excluding hydrogens is 363 g/mol. The van der Waals surface area contributed by atoms with E-state index in [-0.39, 0.29) is 11.8 Å². The number of amides is 4. The summed E-state index contributed by atoms with van der Waals surface area (Å²) in [5.74, 6) is -0.973. The monoisotopic (exact) mass is 384 g/mol. The highest BCUT2D eigenvalue weighted by atomic mass is 19.1. The van der Waals surface area contributed by atoms with Crippen LogP contribution >= 0.6 is 0 Å². The topological polar surface area (TPSA) is 90.5 Å². The lowest BCUT2D eigenvalue weighted by Crippen LogP contribution is -2.45. The maximum Gasteiger partial charge on any atom is 0.322 e. The van der Waals surface area contributed by atoms with Gasteiger partial charge in [0.2, 0.25) is 11.8 Å². The zero-order valence-corrected chi connectivity index (χ0v) is 15.4. The second kappa shape index (κ2) is 8.51. The Morgan fingerprint density at radius 3 is 2.29 bits per heavy atom. The van der Waals surface area contributed by atoms with E-state index in [0.717, 1.165) is 0 Å². The Bertz CT molecular complexity index is 903. The van der Waals surface area contributed by atoms with Gasteiger partial charge in [0.15, 0.2) is 0 Å². The lowest BCUT2D eigenvalue weighted by molar-refractivity contribution is -0.119. The SMILES string of the molecule is CC(=O)Nc1cccc(NC(=O)C2CCCN2C(=O)Nc2cccc(F)c2)c1. The average molecular weight is 384 g/mol. The van der Waals surface area contributed by atoms with E-state index in [1.54, 1.807) is 30.3 Å². The predicted molar refractivity (Wildman–Crippen MR) is 105 cm³/mol. The van der Waals surface area contributed by atoms with Crippen LogP contribution in [0.5, 0.6) is 0 Å². The molecule has 1 aliphatic rings. The maximum absolute atomic E-state index is 13.3. The van der Waals surface area contributed by atoms with Gasteiger partial charge in [0.05, 0.1) is 0 Å². The summed E-state index contributed by atoms with van der Waals surface area (Å²) in [6.07, 6.45) is 1.23. The molecule has 0 spiro atoms. The minimum atomic E-state index is -0.627. The molecule has 3 N–H and O–H groups in total. The normalized spacial score (nSPS) is 15.8. The van der Waals surface area contributed by atoms with E-state index < -0.39 is 17.9 Å². The number of carbonyl (C=O) groups is 3. The first kappa shape index (κ1) is 19.3. The van der Waals surface area contributed by atoms with E-state index in [9.17, 15) is 18.8 Å². The highest BCUT2D eigenvalue weighted by Crippen LogP contribution is 2.22. The van der Waals surface area contributed by atoms with Crippen molar-refractivity contribution >= 4 is 34.9 Å². The molecular formula is C20H21FN4O3. The number of anilines is 3. The molecule has 2 aromatic carbocycles. The van der Waals surface area contributed by atoms with E-state index in [0.29, 0.717) is 36.4 Å². The first-order valence-electron chi connectivity index (χ1n) is 8.94. The van der Waals surface area contributed by atoms with Crippen molar-refractivity contribution in [1.82, 2.24) is 4.90 Å². The fourth-order valence-electron chi connectivity index (χ4n) is 3.15. The van der Waals surface area contributed by atoms with Gasteiger partial charge in [-0.05, 0) is 49.2 Å². The molecule has 8 heteroatoms. The van der Waals surface area contributed by atoms with Gasteiger partial charge in [-0.2, -0.15) is 0 Å². The van der Waals surface area contributed by atoms with Gasteiger partial charge < -0.3 is 20.9 Å². The van der Waals surface area contributed by atoms with Gasteiger partial charge in [0, 0.05) is 30.5 Å². The van der Waals surface area contributed by atoms with Gasteiger partial charge in [-0.15, -0.1) is 0 Å². The Labute approximate surface area is 161 Å². The molecule has 0 radical (unpaired) electrons. The van der Waals surface area contributed by atoms with E-state index in [2.05, 4.69) is 16.0 Å². The van der Waals surface area contributed by atoms with Crippen LogP contribution in [0.1, 0.15) is 19.8 Å². The van der Waals surface area contributed by atoms with Gasteiger partial charge in [0.25, 0.3) is 0 Å². The van der Waals surface area contributed by atoms with Crippen LogP contribution in [0.25, 0.3) is 0 Å². The number of benzene rings is 2. The summed E-state index contributed by atoms with van der Waals surface area (Å²) in [4.78, 5) is 37.8. The fourth-order valence-corrected chi connectivity index (χ4v) is 3.15. The van der Waals surface area contributed by atoms with Gasteiger partial charge in [-0.1, -0.05) is 12.1 Å². The van der Waals surface area contributed by atoms with Crippen molar-refractivity contribution < 1.29 is 18.8 Å². The lowest BCUT2D eigenvalue weighted by Gasteiger charge is -2.24. The molecule has 0 saturated carbocycles. The van der Waals surface area contributed by atoms with Gasteiger partial charge in [-0.3, -0.25) is 9.59 Å². The van der Waals surface area contributed by atoms with Crippen LogP contribution in [0, 0.1) is 5.82 Å². The molecule has 1 fully saturated rings. The minimum Gasteiger partial charge on any atom is -0.326 e. The van der Waals surface area contributed by atoms with E-state index in [4.69, 9.17) is 0 Å². The average Bonchev–Trinajstić information content (AvgIpc) is 3.11. The molecule has 0 bridgehead atoms. The van der Waals surface area contributed by atoms with Crippen LogP contribution in [0.2, 0.25) is 0 Å². The second-order valence-electron chi connectivity index (χ2n) is 6.54. The van der Waals surface area contributed by atoms with Crippen LogP contribution in [0.4, 0.5) is 26.2 Å². The quantitative estimate of drug-likeness (QED) is 0.754. The molecule has 4 amide bonds. The molecule has 0 aromatic heterocycles. The summed E-state index contributed by atoms with van der Waals surface area (Å²) in [5, 5.41) is 8.06. The molecule has 1 heterocycles. The van der Waals surface area contributed by atoms with Crippen molar-refractivity contribution in [3.63, 3.8) is 0 Å². The number of carbonyl (C=O) groups excluding carboxylic acids is 3. The van der Waals surface area contributed by atoms with Crippen LogP contribution in [0.15, 0.2) is 48.5 Å². The first-order valence-corrected chi connectivity index (χ1v) is 8.94. The third kappa shape index (κ3) is 4.85. The number of urea groups is 1. The van der Waals surface area contributed by atoms with Gasteiger partial charge in [-0.25, -0.2) is 9.18 Å². The zero-order valence-electron chi connectivity index (χ0n) is 15.4. The van der Waals surface area contributed by atoms with Gasteiger partial charge >= 0.3 is 6.03 Å². The summed E-state index contributed by atoms with van der Waals surface area (Å²) >= 11 is 0. The van der Waals surface area contributed by atoms with Crippen LogP contribution in [0.3, 0.4) is 0 Å². The van der Waals surface area contributed by atoms with Crippen LogP contribution in [-0.4, -0.2) is 35.3 Å². The number of halogens is 1. The standard InChI is InChI=1S/C20H21FN4O3/c1-13(26)22-16-7-3-8-17(12-16)23-19(27)18-9-4-10-25(18)20(28)24-15-6-2-5-14(21)11-15/h2-3,5-8,11-12,18H,4,9-10H2,1H3,(H,22,26)(H,23,27)(H,24,28). The number of nitrogens with zero attached hydrogens (tertiary/aromatic N) is 1. The summed E-state index contributed by atoms with van der Waals surface area (Å²) < 4.78 is 13.3. The Balaban J connectivity index is 1.66. The van der Waals surface area contributed by atoms with Crippen molar-refractivity contribution in [2.24, 2.45) is 0 Å². The molecule has 1 aliphatic heterocycles. The van der Waals surface area contributed by atoms with E-state index in [1.165, 1.54) is 30.0 Å². The number of rotatable bonds is 4. The van der Waals surface area contributed by atoms with Crippen molar-refractivity contribution in [3.8, 4) is 0 Å². The summed E-state index contributed by atoms with van der Waals surface area (Å²) in [6.45, 7) is 1.84. The predicted octanol–water partition coefficient (Wildman–Crippen LogP) is 3.42. The molecule has 1 atom stereocenters. The smallest absolute Gasteiger partial charge is 0.322 e. The Kier molecular flexibility index (Phi) is 5.88. The molecule has 28 heavy (non-hydrogen) atoms. The minimum absolute atomic E-state index is 0.209. The number of likely N-dealkylation sites (tertiary alicyclic amines) is 1. The second-order valence-corrected chi connectivity index (χ2v) is 6.54. The van der Waals surface area contributed by atoms with Crippen molar-refractivity contribution in [2.75, 3.05) is 22.5 Å². The number of hydrogen-bond donors (Lipinski definition) is 3. The number of hydrogen-bond acceptors (Lipinski definition) is 3.